The Morgan fingerprint density at radius 3 is 2.75 bits per heavy atom. The zero-order chi connectivity index (χ0) is 18.7. The van der Waals surface area contributed by atoms with Gasteiger partial charge in [0.05, 0.1) is 12.9 Å². The van der Waals surface area contributed by atoms with Crippen LogP contribution >= 0.6 is 24.0 Å². The Labute approximate surface area is 186 Å². The van der Waals surface area contributed by atoms with Crippen LogP contribution in [0, 0.1) is 11.8 Å². The fraction of sp³-hybridized carbons (Fsp3) is 0.762. The molecule has 3 heterocycles. The first-order chi connectivity index (χ1) is 13.3. The van der Waals surface area contributed by atoms with Gasteiger partial charge >= 0.3 is 0 Å². The Bertz CT molecular complexity index is 539. The predicted molar refractivity (Wildman–Crippen MR) is 125 cm³/mol. The molecule has 160 valence electrons. The average molecular weight is 504 g/mol. The molecule has 1 unspecified atom stereocenters. The molecule has 1 aromatic heterocycles. The highest BCUT2D eigenvalue weighted by Gasteiger charge is 2.16. The van der Waals surface area contributed by atoms with E-state index < -0.39 is 0 Å². The van der Waals surface area contributed by atoms with Crippen LogP contribution in [0.3, 0.4) is 0 Å². The van der Waals surface area contributed by atoms with Crippen molar-refractivity contribution in [1.82, 2.24) is 15.5 Å². The lowest BCUT2D eigenvalue weighted by Gasteiger charge is -2.30. The number of hydrogen-bond donors (Lipinski definition) is 2. The number of guanidine groups is 1. The predicted octanol–water partition coefficient (Wildman–Crippen LogP) is 3.13. The minimum atomic E-state index is 0. The SMILES string of the molecule is CC1CCN(CCCNC(=NCC2CCOC2)NCCc2ccco2)CC1.I. The Balaban J connectivity index is 0.00000280. The van der Waals surface area contributed by atoms with E-state index in [0.717, 1.165) is 69.7 Å². The number of likely N-dealkylation sites (tertiary alicyclic amines) is 1. The lowest BCUT2D eigenvalue weighted by molar-refractivity contribution is 0.187. The number of nitrogens with one attached hydrogen (secondary N) is 2. The maximum Gasteiger partial charge on any atom is 0.191 e. The van der Waals surface area contributed by atoms with Crippen LogP contribution < -0.4 is 10.6 Å². The Hall–Kier alpha value is -0.800. The standard InChI is InChI=1S/C21H36N4O2.HI/c1-18-6-12-25(13-7-18)11-3-9-22-21(24-16-19-8-15-26-17-19)23-10-5-20-4-2-14-27-20;/h2,4,14,18-19H,3,5-13,15-17H2,1H3,(H2,22,23,24);1H. The van der Waals surface area contributed by atoms with Crippen LogP contribution in [-0.4, -0.2) is 63.3 Å². The van der Waals surface area contributed by atoms with Crippen molar-refractivity contribution in [3.8, 4) is 0 Å². The van der Waals surface area contributed by atoms with Crippen LogP contribution in [0.5, 0.6) is 0 Å². The minimum Gasteiger partial charge on any atom is -0.469 e. The van der Waals surface area contributed by atoms with Gasteiger partial charge in [-0.05, 0) is 63.4 Å². The van der Waals surface area contributed by atoms with Gasteiger partial charge in [0.1, 0.15) is 5.76 Å². The van der Waals surface area contributed by atoms with E-state index in [1.807, 2.05) is 12.1 Å². The van der Waals surface area contributed by atoms with Gasteiger partial charge in [-0.15, -0.1) is 24.0 Å². The third-order valence-corrected chi connectivity index (χ3v) is 5.60. The third kappa shape index (κ3) is 8.69. The molecule has 2 aliphatic rings. The fourth-order valence-corrected chi connectivity index (χ4v) is 3.68. The molecule has 0 spiro atoms. The summed E-state index contributed by atoms with van der Waals surface area (Å²) >= 11 is 0. The molecule has 0 amide bonds. The quantitative estimate of drug-likeness (QED) is 0.234. The molecule has 0 aromatic carbocycles. The van der Waals surface area contributed by atoms with E-state index in [-0.39, 0.29) is 24.0 Å². The van der Waals surface area contributed by atoms with Crippen molar-refractivity contribution in [1.29, 1.82) is 0 Å². The largest absolute Gasteiger partial charge is 0.469 e. The van der Waals surface area contributed by atoms with Gasteiger partial charge < -0.3 is 24.7 Å². The van der Waals surface area contributed by atoms with Gasteiger partial charge in [-0.3, -0.25) is 4.99 Å². The van der Waals surface area contributed by atoms with E-state index in [1.54, 1.807) is 6.26 Å². The summed E-state index contributed by atoms with van der Waals surface area (Å²) in [6.45, 7) is 10.4. The lowest BCUT2D eigenvalue weighted by Crippen LogP contribution is -2.41. The number of nitrogens with zero attached hydrogens (tertiary/aromatic N) is 2. The minimum absolute atomic E-state index is 0. The summed E-state index contributed by atoms with van der Waals surface area (Å²) in [4.78, 5) is 7.38. The second-order valence-electron chi connectivity index (χ2n) is 7.98. The molecule has 6 nitrogen and oxygen atoms in total. The second kappa shape index (κ2) is 13.4. The molecule has 2 aliphatic heterocycles. The zero-order valence-corrected chi connectivity index (χ0v) is 19.5. The summed E-state index contributed by atoms with van der Waals surface area (Å²) in [6, 6.07) is 3.95. The summed E-state index contributed by atoms with van der Waals surface area (Å²) < 4.78 is 10.9. The van der Waals surface area contributed by atoms with Crippen molar-refractivity contribution >= 4 is 29.9 Å². The van der Waals surface area contributed by atoms with Crippen molar-refractivity contribution in [3.63, 3.8) is 0 Å². The number of piperidine rings is 1. The molecule has 2 saturated heterocycles. The normalized spacial score (nSPS) is 21.5. The van der Waals surface area contributed by atoms with Crippen LogP contribution in [0.2, 0.25) is 0 Å². The van der Waals surface area contributed by atoms with Crippen LogP contribution in [0.25, 0.3) is 0 Å². The molecule has 2 fully saturated rings. The molecule has 0 radical (unpaired) electrons. The maximum absolute atomic E-state index is 5.46. The first kappa shape index (κ1) is 23.5. The number of aliphatic imine (C=N–C) groups is 1. The van der Waals surface area contributed by atoms with E-state index in [4.69, 9.17) is 14.1 Å². The molecule has 7 heteroatoms. The molecule has 28 heavy (non-hydrogen) atoms. The highest BCUT2D eigenvalue weighted by atomic mass is 127. The van der Waals surface area contributed by atoms with Crippen molar-refractivity contribution in [3.05, 3.63) is 24.2 Å². The lowest BCUT2D eigenvalue weighted by atomic mass is 9.99. The van der Waals surface area contributed by atoms with E-state index in [9.17, 15) is 0 Å². The Kier molecular flexibility index (Phi) is 11.3. The molecule has 3 rings (SSSR count). The monoisotopic (exact) mass is 504 g/mol. The van der Waals surface area contributed by atoms with E-state index in [2.05, 4.69) is 22.5 Å². The van der Waals surface area contributed by atoms with Crippen molar-refractivity contribution in [2.24, 2.45) is 16.8 Å². The molecule has 2 N–H and O–H groups in total. The maximum atomic E-state index is 5.46. The molecule has 1 aromatic rings. The van der Waals surface area contributed by atoms with Gasteiger partial charge in [-0.1, -0.05) is 6.92 Å². The topological polar surface area (TPSA) is 62.0 Å². The van der Waals surface area contributed by atoms with Gasteiger partial charge in [-0.2, -0.15) is 0 Å². The van der Waals surface area contributed by atoms with Gasteiger partial charge in [0, 0.05) is 38.6 Å². The number of rotatable bonds is 9. The van der Waals surface area contributed by atoms with Crippen LogP contribution in [0.4, 0.5) is 0 Å². The number of hydrogen-bond acceptors (Lipinski definition) is 4. The van der Waals surface area contributed by atoms with Gasteiger partial charge in [0.25, 0.3) is 0 Å². The van der Waals surface area contributed by atoms with Crippen molar-refractivity contribution in [2.75, 3.05) is 52.5 Å². The fourth-order valence-electron chi connectivity index (χ4n) is 3.68. The van der Waals surface area contributed by atoms with E-state index >= 15 is 0 Å². The number of halogens is 1. The van der Waals surface area contributed by atoms with Crippen LogP contribution in [0.15, 0.2) is 27.8 Å². The van der Waals surface area contributed by atoms with Gasteiger partial charge in [-0.25, -0.2) is 0 Å². The zero-order valence-electron chi connectivity index (χ0n) is 17.2. The van der Waals surface area contributed by atoms with E-state index in [0.29, 0.717) is 5.92 Å². The van der Waals surface area contributed by atoms with Crippen LogP contribution in [0.1, 0.15) is 38.4 Å². The smallest absolute Gasteiger partial charge is 0.191 e. The first-order valence-electron chi connectivity index (χ1n) is 10.6. The second-order valence-corrected chi connectivity index (χ2v) is 7.98. The molecular formula is C21H37IN4O2. The average Bonchev–Trinajstić information content (AvgIpc) is 3.38. The van der Waals surface area contributed by atoms with Crippen molar-refractivity contribution < 1.29 is 9.15 Å². The third-order valence-electron chi connectivity index (χ3n) is 5.60. The van der Waals surface area contributed by atoms with E-state index in [1.165, 1.54) is 32.5 Å². The summed E-state index contributed by atoms with van der Waals surface area (Å²) in [5, 5.41) is 6.96. The van der Waals surface area contributed by atoms with Gasteiger partial charge in [0.2, 0.25) is 0 Å². The Morgan fingerprint density at radius 2 is 2.04 bits per heavy atom. The molecular weight excluding hydrogens is 467 g/mol. The molecule has 0 saturated carbocycles. The Morgan fingerprint density at radius 1 is 1.21 bits per heavy atom. The highest BCUT2D eigenvalue weighted by Crippen LogP contribution is 2.15. The summed E-state index contributed by atoms with van der Waals surface area (Å²) in [7, 11) is 0. The first-order valence-corrected chi connectivity index (χ1v) is 10.6. The van der Waals surface area contributed by atoms with Gasteiger partial charge in [0.15, 0.2) is 5.96 Å². The summed E-state index contributed by atoms with van der Waals surface area (Å²) in [6.07, 6.45) is 7.56. The van der Waals surface area contributed by atoms with Crippen molar-refractivity contribution in [2.45, 2.75) is 39.0 Å². The van der Waals surface area contributed by atoms with Crippen LogP contribution in [-0.2, 0) is 11.2 Å². The number of ether oxygens (including phenoxy) is 1. The highest BCUT2D eigenvalue weighted by molar-refractivity contribution is 14.0. The summed E-state index contributed by atoms with van der Waals surface area (Å²) in [5.41, 5.74) is 0. The number of furan rings is 1. The summed E-state index contributed by atoms with van der Waals surface area (Å²) in [5.74, 6) is 3.38. The molecule has 0 bridgehead atoms. The molecule has 1 atom stereocenters. The molecule has 0 aliphatic carbocycles.